The molecule has 1 aromatic carbocycles. The number of aromatic nitrogens is 2. The fourth-order valence-corrected chi connectivity index (χ4v) is 4.76. The smallest absolute Gasteiger partial charge is 0.277 e. The van der Waals surface area contributed by atoms with E-state index in [4.69, 9.17) is 4.42 Å². The number of carbonyl (C=O) groups is 1. The largest absolute Gasteiger partial charge is 0.411 e. The van der Waals surface area contributed by atoms with Gasteiger partial charge in [-0.15, -0.1) is 10.2 Å². The molecule has 0 radical (unpaired) electrons. The van der Waals surface area contributed by atoms with Crippen LogP contribution in [0.4, 0.5) is 4.39 Å². The molecule has 3 rings (SSSR count). The van der Waals surface area contributed by atoms with Gasteiger partial charge in [0.15, 0.2) is 9.84 Å². The lowest BCUT2D eigenvalue weighted by Crippen LogP contribution is -2.39. The first kappa shape index (κ1) is 17.9. The highest BCUT2D eigenvalue weighted by Crippen LogP contribution is 2.26. The Morgan fingerprint density at radius 1 is 1.36 bits per heavy atom. The van der Waals surface area contributed by atoms with Gasteiger partial charge >= 0.3 is 0 Å². The van der Waals surface area contributed by atoms with Crippen LogP contribution >= 0.6 is 11.8 Å². The Balaban J connectivity index is 1.58. The maximum absolute atomic E-state index is 12.9. The summed E-state index contributed by atoms with van der Waals surface area (Å²) in [5.74, 6) is -0.335. The van der Waals surface area contributed by atoms with Crippen molar-refractivity contribution >= 4 is 27.5 Å². The second-order valence-corrected chi connectivity index (χ2v) is 9.27. The summed E-state index contributed by atoms with van der Waals surface area (Å²) in [6.07, 6.45) is 0.431. The van der Waals surface area contributed by atoms with Crippen molar-refractivity contribution in [3.63, 3.8) is 0 Å². The maximum Gasteiger partial charge on any atom is 0.277 e. The molecule has 2 aromatic rings. The van der Waals surface area contributed by atoms with Crippen molar-refractivity contribution in [3.8, 4) is 11.5 Å². The van der Waals surface area contributed by atoms with Gasteiger partial charge in [0.1, 0.15) is 5.82 Å². The summed E-state index contributed by atoms with van der Waals surface area (Å²) in [7, 11) is -3.05. The molecule has 1 aliphatic heterocycles. The van der Waals surface area contributed by atoms with Crippen molar-refractivity contribution in [2.24, 2.45) is 0 Å². The third-order valence-electron chi connectivity index (χ3n) is 3.72. The van der Waals surface area contributed by atoms with Gasteiger partial charge in [-0.3, -0.25) is 4.79 Å². The van der Waals surface area contributed by atoms with Gasteiger partial charge in [-0.25, -0.2) is 12.8 Å². The maximum atomic E-state index is 12.9. The topological polar surface area (TPSA) is 102 Å². The summed E-state index contributed by atoms with van der Waals surface area (Å²) in [5.41, 5.74) is 0.578. The second kappa shape index (κ2) is 7.12. The second-order valence-electron chi connectivity index (χ2n) is 5.75. The fourth-order valence-electron chi connectivity index (χ4n) is 2.40. The van der Waals surface area contributed by atoms with Crippen LogP contribution in [0.5, 0.6) is 0 Å². The molecule has 1 aliphatic rings. The zero-order valence-corrected chi connectivity index (χ0v) is 14.9. The molecule has 0 saturated carbocycles. The number of amides is 1. The molecule has 2 atom stereocenters. The van der Waals surface area contributed by atoms with Crippen LogP contribution in [-0.4, -0.2) is 47.3 Å². The summed E-state index contributed by atoms with van der Waals surface area (Å²) < 4.78 is 41.3. The minimum absolute atomic E-state index is 0.0224. The molecule has 1 saturated heterocycles. The normalized spacial score (nSPS) is 20.3. The number of hydrogen-bond donors (Lipinski definition) is 1. The van der Waals surface area contributed by atoms with E-state index >= 15 is 0 Å². The van der Waals surface area contributed by atoms with E-state index < -0.39 is 15.1 Å². The lowest BCUT2D eigenvalue weighted by atomic mass is 10.2. The summed E-state index contributed by atoms with van der Waals surface area (Å²) in [6.45, 7) is 1.67. The quantitative estimate of drug-likeness (QED) is 0.781. The number of hydrogen-bond acceptors (Lipinski definition) is 7. The minimum atomic E-state index is -3.05. The molecule has 0 bridgehead atoms. The van der Waals surface area contributed by atoms with Gasteiger partial charge in [0.05, 0.1) is 16.8 Å². The molecule has 0 aliphatic carbocycles. The van der Waals surface area contributed by atoms with Crippen LogP contribution in [0.15, 0.2) is 33.9 Å². The van der Waals surface area contributed by atoms with Gasteiger partial charge < -0.3 is 9.73 Å². The van der Waals surface area contributed by atoms with Crippen LogP contribution in [0, 0.1) is 5.82 Å². The predicted molar refractivity (Wildman–Crippen MR) is 90.2 cm³/mol. The molecule has 2 heterocycles. The lowest BCUT2D eigenvalue weighted by molar-refractivity contribution is -0.120. The molecule has 1 aromatic heterocycles. The number of benzene rings is 1. The third-order valence-corrected chi connectivity index (χ3v) is 6.43. The number of rotatable bonds is 5. The van der Waals surface area contributed by atoms with Crippen LogP contribution in [0.2, 0.25) is 0 Å². The summed E-state index contributed by atoms with van der Waals surface area (Å²) in [4.78, 5) is 12.2. The Morgan fingerprint density at radius 2 is 2.08 bits per heavy atom. The number of sulfone groups is 1. The van der Waals surface area contributed by atoms with Crippen molar-refractivity contribution in [2.75, 3.05) is 11.5 Å². The Kier molecular flexibility index (Phi) is 5.09. The van der Waals surface area contributed by atoms with Gasteiger partial charge in [0.2, 0.25) is 11.8 Å². The van der Waals surface area contributed by atoms with E-state index in [2.05, 4.69) is 15.5 Å². The van der Waals surface area contributed by atoms with Crippen molar-refractivity contribution in [2.45, 2.75) is 29.9 Å². The Bertz CT molecular complexity index is 867. The fraction of sp³-hybridized carbons (Fsp3) is 0.400. The molecule has 1 fully saturated rings. The molecule has 25 heavy (non-hydrogen) atoms. The first-order valence-corrected chi connectivity index (χ1v) is 10.3. The van der Waals surface area contributed by atoms with E-state index in [-0.39, 0.29) is 40.4 Å². The van der Waals surface area contributed by atoms with Crippen molar-refractivity contribution in [1.29, 1.82) is 0 Å². The molecule has 1 amide bonds. The highest BCUT2D eigenvalue weighted by Gasteiger charge is 2.30. The summed E-state index contributed by atoms with van der Waals surface area (Å²) in [5, 5.41) is 10.2. The van der Waals surface area contributed by atoms with Crippen LogP contribution in [0.25, 0.3) is 11.5 Å². The SMILES string of the molecule is C[C@H](Sc1nnc(-c2ccc(F)cc2)o1)C(=O)N[C@H]1CCS(=O)(=O)C1. The van der Waals surface area contributed by atoms with Crippen LogP contribution in [0.3, 0.4) is 0 Å². The van der Waals surface area contributed by atoms with Gasteiger partial charge in [-0.05, 0) is 37.6 Å². The summed E-state index contributed by atoms with van der Waals surface area (Å²) >= 11 is 1.08. The van der Waals surface area contributed by atoms with E-state index in [9.17, 15) is 17.6 Å². The van der Waals surface area contributed by atoms with Gasteiger partial charge in [0.25, 0.3) is 5.22 Å². The molecule has 134 valence electrons. The van der Waals surface area contributed by atoms with E-state index in [0.29, 0.717) is 12.0 Å². The van der Waals surface area contributed by atoms with E-state index in [1.807, 2.05) is 0 Å². The number of carbonyl (C=O) groups excluding carboxylic acids is 1. The van der Waals surface area contributed by atoms with Gasteiger partial charge in [-0.1, -0.05) is 11.8 Å². The number of halogens is 1. The number of thioether (sulfide) groups is 1. The van der Waals surface area contributed by atoms with E-state index in [1.54, 1.807) is 6.92 Å². The molecular weight excluding hydrogens is 369 g/mol. The van der Waals surface area contributed by atoms with Crippen LogP contribution in [0.1, 0.15) is 13.3 Å². The highest BCUT2D eigenvalue weighted by atomic mass is 32.2. The van der Waals surface area contributed by atoms with Crippen molar-refractivity contribution < 1.29 is 22.0 Å². The molecule has 1 N–H and O–H groups in total. The van der Waals surface area contributed by atoms with Crippen molar-refractivity contribution in [1.82, 2.24) is 15.5 Å². The third kappa shape index (κ3) is 4.57. The van der Waals surface area contributed by atoms with Gasteiger partial charge in [-0.2, -0.15) is 0 Å². The van der Waals surface area contributed by atoms with Crippen molar-refractivity contribution in [3.05, 3.63) is 30.1 Å². The Hall–Kier alpha value is -1.94. The van der Waals surface area contributed by atoms with E-state index in [0.717, 1.165) is 11.8 Å². The standard InChI is InChI=1S/C15H16FN3O4S2/c1-9(13(20)17-12-6-7-25(21,22)8-12)24-15-19-18-14(23-15)10-2-4-11(16)5-3-10/h2-5,9,12H,6-8H2,1H3,(H,17,20)/t9-,12-/m0/s1. The first-order valence-electron chi connectivity index (χ1n) is 7.59. The number of nitrogens with zero attached hydrogens (tertiary/aromatic N) is 2. The van der Waals surface area contributed by atoms with E-state index in [1.165, 1.54) is 24.3 Å². The van der Waals surface area contributed by atoms with Crippen LogP contribution < -0.4 is 5.32 Å². The average molecular weight is 385 g/mol. The molecule has 7 nitrogen and oxygen atoms in total. The zero-order valence-electron chi connectivity index (χ0n) is 13.3. The minimum Gasteiger partial charge on any atom is -0.411 e. The predicted octanol–water partition coefficient (Wildman–Crippen LogP) is 1.66. The van der Waals surface area contributed by atoms with Crippen LogP contribution in [-0.2, 0) is 14.6 Å². The molecule has 0 spiro atoms. The first-order chi connectivity index (χ1) is 11.8. The molecular formula is C15H16FN3O4S2. The summed E-state index contributed by atoms with van der Waals surface area (Å²) in [6, 6.07) is 5.27. The average Bonchev–Trinajstić information content (AvgIpc) is 3.14. The highest BCUT2D eigenvalue weighted by molar-refractivity contribution is 8.00. The molecule has 10 heteroatoms. The zero-order chi connectivity index (χ0) is 18.0. The molecule has 0 unspecified atom stereocenters. The Labute approximate surface area is 148 Å². The Morgan fingerprint density at radius 3 is 2.72 bits per heavy atom. The number of nitrogens with one attached hydrogen (secondary N) is 1. The monoisotopic (exact) mass is 385 g/mol. The van der Waals surface area contributed by atoms with Gasteiger partial charge in [0, 0.05) is 11.6 Å². The lowest BCUT2D eigenvalue weighted by Gasteiger charge is -2.14.